The van der Waals surface area contributed by atoms with Crippen molar-refractivity contribution in [2.45, 2.75) is 45.2 Å². The SMILES string of the molecule is CCn1c(COc2ccc(Cl)cc2)c(/C=C/C(O)N2CCC(N)CC2)c2ccccc21. The first-order valence-corrected chi connectivity index (χ1v) is 11.3. The average Bonchev–Trinajstić information content (AvgIpc) is 3.10. The van der Waals surface area contributed by atoms with Gasteiger partial charge in [0.2, 0.25) is 0 Å². The minimum absolute atomic E-state index is 0.242. The molecular formula is C25H30ClN3O2. The fraction of sp³-hybridized carbons (Fsp3) is 0.360. The molecule has 2 heterocycles. The van der Waals surface area contributed by atoms with Crippen molar-refractivity contribution in [2.24, 2.45) is 5.73 Å². The van der Waals surface area contributed by atoms with Crippen molar-refractivity contribution >= 4 is 28.6 Å². The van der Waals surface area contributed by atoms with Crippen LogP contribution in [-0.2, 0) is 13.2 Å². The summed E-state index contributed by atoms with van der Waals surface area (Å²) in [5.74, 6) is 0.775. The minimum Gasteiger partial charge on any atom is -0.487 e. The Morgan fingerprint density at radius 1 is 1.16 bits per heavy atom. The van der Waals surface area contributed by atoms with Crippen LogP contribution in [0, 0.1) is 0 Å². The Balaban J connectivity index is 1.62. The van der Waals surface area contributed by atoms with Gasteiger partial charge in [0.1, 0.15) is 18.6 Å². The van der Waals surface area contributed by atoms with E-state index in [0.717, 1.165) is 60.4 Å². The third-order valence-corrected chi connectivity index (χ3v) is 6.26. The van der Waals surface area contributed by atoms with Crippen molar-refractivity contribution in [2.75, 3.05) is 13.1 Å². The van der Waals surface area contributed by atoms with Crippen molar-refractivity contribution < 1.29 is 9.84 Å². The highest BCUT2D eigenvalue weighted by molar-refractivity contribution is 6.30. The maximum Gasteiger partial charge on any atom is 0.129 e. The van der Waals surface area contributed by atoms with E-state index in [4.69, 9.17) is 22.1 Å². The van der Waals surface area contributed by atoms with Gasteiger partial charge in [-0.1, -0.05) is 35.9 Å². The number of nitrogens with two attached hydrogens (primary N) is 1. The standard InChI is InChI=1S/C25H30ClN3O2/c1-2-29-23-6-4-3-5-21(23)22(11-12-25(30)28-15-13-19(27)14-16-28)24(29)17-31-20-9-7-18(26)8-10-20/h3-12,19,25,30H,2,13-17,27H2,1H3/b12-11+. The molecule has 1 fully saturated rings. The van der Waals surface area contributed by atoms with E-state index in [0.29, 0.717) is 11.6 Å². The van der Waals surface area contributed by atoms with E-state index in [1.807, 2.05) is 42.5 Å². The molecule has 6 heteroatoms. The lowest BCUT2D eigenvalue weighted by Gasteiger charge is -2.32. The molecule has 164 valence electrons. The molecule has 1 aromatic heterocycles. The van der Waals surface area contributed by atoms with Gasteiger partial charge in [0, 0.05) is 47.2 Å². The van der Waals surface area contributed by atoms with Crippen molar-refractivity contribution in [1.29, 1.82) is 0 Å². The zero-order valence-corrected chi connectivity index (χ0v) is 18.6. The van der Waals surface area contributed by atoms with Crippen LogP contribution in [0.1, 0.15) is 31.0 Å². The Morgan fingerprint density at radius 3 is 2.58 bits per heavy atom. The van der Waals surface area contributed by atoms with E-state index >= 15 is 0 Å². The van der Waals surface area contributed by atoms with Crippen LogP contribution in [0.2, 0.25) is 5.02 Å². The minimum atomic E-state index is -0.624. The number of para-hydroxylation sites is 1. The summed E-state index contributed by atoms with van der Waals surface area (Å²) in [5.41, 5.74) is 9.33. The zero-order chi connectivity index (χ0) is 21.8. The second-order valence-electron chi connectivity index (χ2n) is 8.01. The summed E-state index contributed by atoms with van der Waals surface area (Å²) < 4.78 is 8.37. The van der Waals surface area contributed by atoms with Crippen LogP contribution in [0.3, 0.4) is 0 Å². The molecule has 1 unspecified atom stereocenters. The van der Waals surface area contributed by atoms with Crippen molar-refractivity contribution in [3.63, 3.8) is 0 Å². The van der Waals surface area contributed by atoms with Crippen LogP contribution in [0.15, 0.2) is 54.6 Å². The number of aliphatic hydroxyl groups is 1. The number of aryl methyl sites for hydroxylation is 1. The maximum absolute atomic E-state index is 10.7. The number of hydrogen-bond donors (Lipinski definition) is 2. The number of hydrogen-bond acceptors (Lipinski definition) is 4. The molecule has 0 radical (unpaired) electrons. The first kappa shape index (κ1) is 21.9. The van der Waals surface area contributed by atoms with Gasteiger partial charge in [0.05, 0.1) is 5.69 Å². The molecule has 0 aliphatic carbocycles. The maximum atomic E-state index is 10.7. The number of fused-ring (bicyclic) bond motifs is 1. The normalized spacial score (nSPS) is 16.9. The molecule has 1 aliphatic heterocycles. The van der Waals surface area contributed by atoms with Crippen molar-refractivity contribution in [3.05, 3.63) is 70.9 Å². The van der Waals surface area contributed by atoms with E-state index in [-0.39, 0.29) is 6.04 Å². The fourth-order valence-corrected chi connectivity index (χ4v) is 4.38. The van der Waals surface area contributed by atoms with Crippen LogP contribution < -0.4 is 10.5 Å². The van der Waals surface area contributed by atoms with Gasteiger partial charge >= 0.3 is 0 Å². The predicted octanol–water partition coefficient (Wildman–Crippen LogP) is 4.65. The van der Waals surface area contributed by atoms with Gasteiger partial charge in [0.25, 0.3) is 0 Å². The lowest BCUT2D eigenvalue weighted by molar-refractivity contribution is 0.0253. The van der Waals surface area contributed by atoms with E-state index in [1.54, 1.807) is 0 Å². The summed E-state index contributed by atoms with van der Waals surface area (Å²) in [6.07, 6.45) is 5.13. The highest BCUT2D eigenvalue weighted by atomic mass is 35.5. The van der Waals surface area contributed by atoms with Crippen LogP contribution >= 0.6 is 11.6 Å². The summed E-state index contributed by atoms with van der Waals surface area (Å²) in [6, 6.07) is 16.0. The summed E-state index contributed by atoms with van der Waals surface area (Å²) in [6.45, 7) is 5.03. The third-order valence-electron chi connectivity index (χ3n) is 6.01. The largest absolute Gasteiger partial charge is 0.487 e. The van der Waals surface area contributed by atoms with Gasteiger partial charge in [-0.3, -0.25) is 4.90 Å². The lowest BCUT2D eigenvalue weighted by atomic mass is 10.1. The molecule has 0 amide bonds. The van der Waals surface area contributed by atoms with Gasteiger partial charge in [-0.05, 0) is 56.2 Å². The molecule has 0 spiro atoms. The number of benzene rings is 2. The monoisotopic (exact) mass is 439 g/mol. The molecule has 3 N–H and O–H groups in total. The van der Waals surface area contributed by atoms with E-state index in [1.165, 1.54) is 0 Å². The quantitative estimate of drug-likeness (QED) is 0.562. The number of ether oxygens (including phenoxy) is 1. The number of aromatic nitrogens is 1. The molecule has 3 aromatic rings. The summed E-state index contributed by atoms with van der Waals surface area (Å²) >= 11 is 5.99. The van der Waals surface area contributed by atoms with Crippen LogP contribution in [0.25, 0.3) is 17.0 Å². The molecular weight excluding hydrogens is 410 g/mol. The van der Waals surface area contributed by atoms with Crippen molar-refractivity contribution in [1.82, 2.24) is 9.47 Å². The molecule has 2 aromatic carbocycles. The molecule has 1 saturated heterocycles. The molecule has 1 atom stereocenters. The molecule has 5 nitrogen and oxygen atoms in total. The van der Waals surface area contributed by atoms with E-state index in [9.17, 15) is 5.11 Å². The molecule has 0 bridgehead atoms. The Labute approximate surface area is 188 Å². The topological polar surface area (TPSA) is 63.7 Å². The smallest absolute Gasteiger partial charge is 0.129 e. The molecule has 1 aliphatic rings. The fourth-order valence-electron chi connectivity index (χ4n) is 4.26. The van der Waals surface area contributed by atoms with Gasteiger partial charge in [-0.15, -0.1) is 0 Å². The second kappa shape index (κ2) is 9.88. The zero-order valence-electron chi connectivity index (χ0n) is 17.9. The van der Waals surface area contributed by atoms with Crippen LogP contribution in [0.5, 0.6) is 5.75 Å². The van der Waals surface area contributed by atoms with Gasteiger partial charge in [-0.2, -0.15) is 0 Å². The Morgan fingerprint density at radius 2 is 1.87 bits per heavy atom. The number of aliphatic hydroxyl groups excluding tert-OH is 1. The number of rotatable bonds is 7. The first-order chi connectivity index (χ1) is 15.1. The first-order valence-electron chi connectivity index (χ1n) is 10.9. The lowest BCUT2D eigenvalue weighted by Crippen LogP contribution is -2.44. The number of likely N-dealkylation sites (tertiary alicyclic amines) is 1. The van der Waals surface area contributed by atoms with Gasteiger partial charge in [0.15, 0.2) is 0 Å². The Hall–Kier alpha value is -2.31. The molecule has 4 rings (SSSR count). The van der Waals surface area contributed by atoms with Crippen LogP contribution in [-0.4, -0.2) is 39.9 Å². The van der Waals surface area contributed by atoms with E-state index in [2.05, 4.69) is 34.6 Å². The summed E-state index contributed by atoms with van der Waals surface area (Å²) in [7, 11) is 0. The average molecular weight is 440 g/mol. The van der Waals surface area contributed by atoms with E-state index < -0.39 is 6.23 Å². The van der Waals surface area contributed by atoms with Crippen molar-refractivity contribution in [3.8, 4) is 5.75 Å². The Kier molecular flexibility index (Phi) is 6.98. The number of halogens is 1. The highest BCUT2D eigenvalue weighted by Gasteiger charge is 2.21. The van der Waals surface area contributed by atoms with Gasteiger partial charge < -0.3 is 20.1 Å². The van der Waals surface area contributed by atoms with Crippen LogP contribution in [0.4, 0.5) is 0 Å². The summed E-state index contributed by atoms with van der Waals surface area (Å²) in [5, 5.41) is 12.6. The number of nitrogens with zero attached hydrogens (tertiary/aromatic N) is 2. The second-order valence-corrected chi connectivity index (χ2v) is 8.45. The third kappa shape index (κ3) is 4.96. The Bertz CT molecular complexity index is 1040. The predicted molar refractivity (Wildman–Crippen MR) is 127 cm³/mol. The van der Waals surface area contributed by atoms with Gasteiger partial charge in [-0.25, -0.2) is 0 Å². The number of piperidine rings is 1. The highest BCUT2D eigenvalue weighted by Crippen LogP contribution is 2.29. The summed E-state index contributed by atoms with van der Waals surface area (Å²) in [4.78, 5) is 2.07. The molecule has 31 heavy (non-hydrogen) atoms. The molecule has 0 saturated carbocycles.